The van der Waals surface area contributed by atoms with Crippen LogP contribution in [0.4, 0.5) is 5.69 Å². The lowest BCUT2D eigenvalue weighted by Gasteiger charge is -2.04. The molecule has 1 atom stereocenters. The van der Waals surface area contributed by atoms with Gasteiger partial charge in [-0.3, -0.25) is 10.1 Å². The maximum absolute atomic E-state index is 10.8. The number of hydrogen-bond donors (Lipinski definition) is 1. The Hall–Kier alpha value is -2.28. The number of aromatic nitrogens is 2. The number of nitro groups is 1. The van der Waals surface area contributed by atoms with E-state index in [-0.39, 0.29) is 12.1 Å². The number of benzene rings is 1. The van der Waals surface area contributed by atoms with Gasteiger partial charge in [0.25, 0.3) is 5.69 Å². The van der Waals surface area contributed by atoms with Crippen LogP contribution in [0.25, 0.3) is 11.4 Å². The Morgan fingerprint density at radius 1 is 1.48 bits per heavy atom. The van der Waals surface area contributed by atoms with Gasteiger partial charge in [-0.1, -0.05) is 24.6 Å². The van der Waals surface area contributed by atoms with Gasteiger partial charge in [-0.25, -0.2) is 0 Å². The third kappa shape index (κ3) is 3.63. The van der Waals surface area contributed by atoms with Crippen molar-refractivity contribution in [3.05, 3.63) is 39.8 Å². The first-order chi connectivity index (χ1) is 10.0. The van der Waals surface area contributed by atoms with Crippen molar-refractivity contribution < 1.29 is 14.6 Å². The van der Waals surface area contributed by atoms with Crippen molar-refractivity contribution in [2.75, 3.05) is 0 Å². The van der Waals surface area contributed by atoms with Gasteiger partial charge in [0.2, 0.25) is 11.7 Å². The summed E-state index contributed by atoms with van der Waals surface area (Å²) >= 11 is 0. The van der Waals surface area contributed by atoms with Crippen LogP contribution >= 0.6 is 0 Å². The fourth-order valence-electron chi connectivity index (χ4n) is 2.05. The summed E-state index contributed by atoms with van der Waals surface area (Å²) in [6.07, 6.45) is 1.30. The first-order valence-electron chi connectivity index (χ1n) is 6.77. The molecular formula is C14H17N3O4. The van der Waals surface area contributed by atoms with Gasteiger partial charge in [-0.15, -0.1) is 0 Å². The Balaban J connectivity index is 2.25. The van der Waals surface area contributed by atoms with Crippen LogP contribution in [0.3, 0.4) is 0 Å². The molecule has 1 unspecified atom stereocenters. The second-order valence-electron chi connectivity index (χ2n) is 4.91. The van der Waals surface area contributed by atoms with Crippen molar-refractivity contribution in [2.24, 2.45) is 0 Å². The molecule has 0 fully saturated rings. The van der Waals surface area contributed by atoms with Crippen LogP contribution in [0.5, 0.6) is 0 Å². The van der Waals surface area contributed by atoms with Crippen LogP contribution in [0.1, 0.15) is 31.2 Å². The average Bonchev–Trinajstić information content (AvgIpc) is 2.87. The molecule has 21 heavy (non-hydrogen) atoms. The van der Waals surface area contributed by atoms with Gasteiger partial charge in [-0.2, -0.15) is 4.98 Å². The van der Waals surface area contributed by atoms with E-state index in [9.17, 15) is 15.2 Å². The van der Waals surface area contributed by atoms with Crippen molar-refractivity contribution in [3.63, 3.8) is 0 Å². The third-order valence-corrected chi connectivity index (χ3v) is 3.17. The predicted molar refractivity (Wildman–Crippen MR) is 75.7 cm³/mol. The number of hydrogen-bond acceptors (Lipinski definition) is 6. The van der Waals surface area contributed by atoms with Crippen LogP contribution in [0.15, 0.2) is 22.7 Å². The standard InChI is InChI=1S/C14H17N3O4/c1-3-4-11(18)8-13-15-14(16-21-13)12-7-10(17(19)20)6-5-9(12)2/h5-7,11,18H,3-4,8H2,1-2H3. The smallest absolute Gasteiger partial charge is 0.270 e. The molecule has 0 aliphatic carbocycles. The van der Waals surface area contributed by atoms with E-state index >= 15 is 0 Å². The lowest BCUT2D eigenvalue weighted by Crippen LogP contribution is -2.09. The number of aliphatic hydroxyl groups excluding tert-OH is 1. The second-order valence-corrected chi connectivity index (χ2v) is 4.91. The second kappa shape index (κ2) is 6.45. The minimum absolute atomic E-state index is 0.0204. The number of non-ortho nitro benzene ring substituents is 1. The summed E-state index contributed by atoms with van der Waals surface area (Å²) in [4.78, 5) is 14.6. The molecule has 1 aromatic carbocycles. The molecule has 0 aliphatic heterocycles. The van der Waals surface area contributed by atoms with E-state index in [0.29, 0.717) is 23.7 Å². The molecule has 7 heteroatoms. The van der Waals surface area contributed by atoms with E-state index in [0.717, 1.165) is 12.0 Å². The van der Waals surface area contributed by atoms with Crippen LogP contribution in [-0.4, -0.2) is 26.3 Å². The fourth-order valence-corrected chi connectivity index (χ4v) is 2.05. The predicted octanol–water partition coefficient (Wildman–Crippen LogP) is 2.66. The minimum Gasteiger partial charge on any atom is -0.393 e. The van der Waals surface area contributed by atoms with Crippen molar-refractivity contribution in [1.82, 2.24) is 10.1 Å². The van der Waals surface area contributed by atoms with Gasteiger partial charge in [0.05, 0.1) is 17.4 Å². The number of rotatable bonds is 6. The maximum atomic E-state index is 10.8. The zero-order chi connectivity index (χ0) is 15.4. The average molecular weight is 291 g/mol. The van der Waals surface area contributed by atoms with Crippen LogP contribution < -0.4 is 0 Å². The molecule has 0 aliphatic rings. The van der Waals surface area contributed by atoms with Gasteiger partial charge in [0.15, 0.2) is 0 Å². The largest absolute Gasteiger partial charge is 0.393 e. The van der Waals surface area contributed by atoms with Crippen molar-refractivity contribution in [2.45, 2.75) is 39.2 Å². The van der Waals surface area contributed by atoms with Gasteiger partial charge in [-0.05, 0) is 18.9 Å². The SMILES string of the molecule is CCCC(O)Cc1nc(-c2cc([N+](=O)[O-])ccc2C)no1. The Kier molecular flexibility index (Phi) is 4.64. The van der Waals surface area contributed by atoms with E-state index in [1.54, 1.807) is 6.07 Å². The van der Waals surface area contributed by atoms with E-state index in [1.165, 1.54) is 12.1 Å². The fraction of sp³-hybridized carbons (Fsp3) is 0.429. The molecule has 7 nitrogen and oxygen atoms in total. The van der Waals surface area contributed by atoms with Crippen molar-refractivity contribution in [1.29, 1.82) is 0 Å². The topological polar surface area (TPSA) is 102 Å². The number of nitrogens with zero attached hydrogens (tertiary/aromatic N) is 3. The van der Waals surface area contributed by atoms with Crippen molar-refractivity contribution in [3.8, 4) is 11.4 Å². The number of nitro benzene ring substituents is 1. The van der Waals surface area contributed by atoms with Crippen molar-refractivity contribution >= 4 is 5.69 Å². The Bertz CT molecular complexity index is 639. The minimum atomic E-state index is -0.519. The molecule has 0 amide bonds. The lowest BCUT2D eigenvalue weighted by atomic mass is 10.1. The molecule has 1 aromatic heterocycles. The highest BCUT2D eigenvalue weighted by atomic mass is 16.6. The molecule has 1 heterocycles. The first-order valence-corrected chi connectivity index (χ1v) is 6.77. The lowest BCUT2D eigenvalue weighted by molar-refractivity contribution is -0.384. The zero-order valence-corrected chi connectivity index (χ0v) is 11.9. The number of aliphatic hydroxyl groups is 1. The van der Waals surface area contributed by atoms with Gasteiger partial charge in [0, 0.05) is 17.7 Å². The highest BCUT2D eigenvalue weighted by molar-refractivity contribution is 5.63. The third-order valence-electron chi connectivity index (χ3n) is 3.17. The summed E-state index contributed by atoms with van der Waals surface area (Å²) < 4.78 is 5.10. The summed E-state index contributed by atoms with van der Waals surface area (Å²) in [7, 11) is 0. The number of aryl methyl sites for hydroxylation is 1. The summed E-state index contributed by atoms with van der Waals surface area (Å²) in [5.41, 5.74) is 1.36. The normalized spacial score (nSPS) is 12.3. The van der Waals surface area contributed by atoms with Crippen LogP contribution in [0.2, 0.25) is 0 Å². The van der Waals surface area contributed by atoms with E-state index in [1.807, 2.05) is 13.8 Å². The molecule has 0 bridgehead atoms. The quantitative estimate of drug-likeness (QED) is 0.648. The van der Waals surface area contributed by atoms with Crippen LogP contribution in [-0.2, 0) is 6.42 Å². The summed E-state index contributed by atoms with van der Waals surface area (Å²) in [5, 5.41) is 24.4. The molecule has 0 radical (unpaired) electrons. The molecule has 0 saturated carbocycles. The van der Waals surface area contributed by atoms with Gasteiger partial charge < -0.3 is 9.63 Å². The van der Waals surface area contributed by atoms with Gasteiger partial charge >= 0.3 is 0 Å². The molecule has 2 rings (SSSR count). The first kappa shape index (κ1) is 15.1. The van der Waals surface area contributed by atoms with E-state index in [2.05, 4.69) is 10.1 Å². The van der Waals surface area contributed by atoms with Crippen LogP contribution in [0, 0.1) is 17.0 Å². The summed E-state index contributed by atoms with van der Waals surface area (Å²) in [6.45, 7) is 3.80. The zero-order valence-electron chi connectivity index (χ0n) is 11.9. The summed E-state index contributed by atoms with van der Waals surface area (Å²) in [5.74, 6) is 0.631. The molecule has 2 aromatic rings. The molecule has 0 spiro atoms. The van der Waals surface area contributed by atoms with E-state index in [4.69, 9.17) is 4.52 Å². The maximum Gasteiger partial charge on any atom is 0.270 e. The molecule has 112 valence electrons. The molecular weight excluding hydrogens is 274 g/mol. The van der Waals surface area contributed by atoms with E-state index < -0.39 is 11.0 Å². The Morgan fingerprint density at radius 2 is 2.24 bits per heavy atom. The van der Waals surface area contributed by atoms with Gasteiger partial charge in [0.1, 0.15) is 0 Å². The molecule has 1 N–H and O–H groups in total. The Labute approximate surface area is 121 Å². The Morgan fingerprint density at radius 3 is 2.90 bits per heavy atom. The highest BCUT2D eigenvalue weighted by Crippen LogP contribution is 2.25. The summed E-state index contributed by atoms with van der Waals surface area (Å²) in [6, 6.07) is 4.51. The monoisotopic (exact) mass is 291 g/mol. The highest BCUT2D eigenvalue weighted by Gasteiger charge is 2.16. The molecule has 0 saturated heterocycles.